The summed E-state index contributed by atoms with van der Waals surface area (Å²) in [7, 11) is 0. The Balaban J connectivity index is 1.78. The van der Waals surface area contributed by atoms with Crippen LogP contribution in [0.3, 0.4) is 0 Å². The van der Waals surface area contributed by atoms with Gasteiger partial charge in [0.15, 0.2) is 5.13 Å². The summed E-state index contributed by atoms with van der Waals surface area (Å²) in [5.74, 6) is -1.12. The normalized spacial score (nSPS) is 11.9. The van der Waals surface area contributed by atoms with Crippen molar-refractivity contribution < 1.29 is 14.7 Å². The zero-order valence-electron chi connectivity index (χ0n) is 18.2. The van der Waals surface area contributed by atoms with E-state index in [4.69, 9.17) is 16.6 Å². The highest BCUT2D eigenvalue weighted by Crippen LogP contribution is 2.34. The molecule has 0 bridgehead atoms. The number of carbonyl (C=O) groups excluding carboxylic acids is 1. The fourth-order valence-corrected chi connectivity index (χ4v) is 4.51. The van der Waals surface area contributed by atoms with Crippen LogP contribution in [-0.2, 0) is 11.2 Å². The third-order valence-electron chi connectivity index (χ3n) is 4.83. The van der Waals surface area contributed by atoms with Crippen LogP contribution < -0.4 is 10.6 Å². The van der Waals surface area contributed by atoms with Crippen LogP contribution in [0.4, 0.5) is 5.13 Å². The molecule has 3 rings (SSSR count). The first-order valence-corrected chi connectivity index (χ1v) is 11.5. The summed E-state index contributed by atoms with van der Waals surface area (Å²) in [6.45, 7) is 6.23. The highest BCUT2D eigenvalue weighted by atomic mass is 35.5. The predicted octanol–water partition coefficient (Wildman–Crippen LogP) is 5.27. The van der Waals surface area contributed by atoms with E-state index in [0.717, 1.165) is 28.1 Å². The van der Waals surface area contributed by atoms with Gasteiger partial charge in [-0.2, -0.15) is 0 Å². The van der Waals surface area contributed by atoms with E-state index in [1.165, 1.54) is 11.3 Å². The van der Waals surface area contributed by atoms with Crippen LogP contribution in [0.1, 0.15) is 34.6 Å². The molecule has 1 aromatic heterocycles. The number of carboxylic acid groups (broad SMARTS) is 1. The zero-order chi connectivity index (χ0) is 23.3. The monoisotopic (exact) mass is 471 g/mol. The highest BCUT2D eigenvalue weighted by molar-refractivity contribution is 7.16. The molecule has 0 saturated heterocycles. The number of aromatic nitrogens is 1. The Labute approximate surface area is 196 Å². The van der Waals surface area contributed by atoms with E-state index in [1.54, 1.807) is 30.3 Å². The minimum absolute atomic E-state index is 0.0105. The van der Waals surface area contributed by atoms with Crippen molar-refractivity contribution in [1.82, 2.24) is 10.3 Å². The number of halogens is 1. The van der Waals surface area contributed by atoms with Crippen molar-refractivity contribution in [2.24, 2.45) is 5.92 Å². The molecule has 6 nitrogen and oxygen atoms in total. The molecule has 1 amide bonds. The van der Waals surface area contributed by atoms with E-state index in [2.05, 4.69) is 24.5 Å². The van der Waals surface area contributed by atoms with Gasteiger partial charge in [0.2, 0.25) is 0 Å². The lowest BCUT2D eigenvalue weighted by Crippen LogP contribution is -2.45. The third kappa shape index (κ3) is 6.08. The van der Waals surface area contributed by atoms with Crippen molar-refractivity contribution in [3.05, 3.63) is 69.6 Å². The van der Waals surface area contributed by atoms with E-state index >= 15 is 0 Å². The second kappa shape index (κ2) is 10.6. The van der Waals surface area contributed by atoms with Crippen molar-refractivity contribution in [2.75, 3.05) is 11.9 Å². The van der Waals surface area contributed by atoms with Crippen LogP contribution in [0.25, 0.3) is 11.3 Å². The number of rotatable bonds is 9. The number of nitrogens with one attached hydrogen (secondary N) is 2. The van der Waals surface area contributed by atoms with Crippen LogP contribution in [0.15, 0.2) is 48.5 Å². The van der Waals surface area contributed by atoms with Crippen LogP contribution >= 0.6 is 22.9 Å². The number of thiazole rings is 1. The fraction of sp³-hybridized carbons (Fsp3) is 0.292. The van der Waals surface area contributed by atoms with Gasteiger partial charge >= 0.3 is 5.97 Å². The maximum atomic E-state index is 12.4. The van der Waals surface area contributed by atoms with Crippen molar-refractivity contribution in [3.63, 3.8) is 0 Å². The minimum atomic E-state index is -1.12. The Morgan fingerprint density at radius 3 is 2.50 bits per heavy atom. The topological polar surface area (TPSA) is 91.3 Å². The number of benzene rings is 2. The molecule has 0 aliphatic rings. The Kier molecular flexibility index (Phi) is 7.88. The second-order valence-corrected chi connectivity index (χ2v) is 9.45. The second-order valence-electron chi connectivity index (χ2n) is 7.96. The van der Waals surface area contributed by atoms with Crippen LogP contribution in [0, 0.1) is 12.8 Å². The fourth-order valence-electron chi connectivity index (χ4n) is 3.12. The first-order chi connectivity index (χ1) is 15.2. The van der Waals surface area contributed by atoms with Gasteiger partial charge in [-0.05, 0) is 43.0 Å². The van der Waals surface area contributed by atoms with Crippen LogP contribution in [0.2, 0.25) is 5.02 Å². The maximum Gasteiger partial charge on any atom is 0.328 e. The van der Waals surface area contributed by atoms with Crippen LogP contribution in [0.5, 0.6) is 0 Å². The summed E-state index contributed by atoms with van der Waals surface area (Å²) in [4.78, 5) is 29.9. The van der Waals surface area contributed by atoms with E-state index in [0.29, 0.717) is 21.6 Å². The molecule has 1 heterocycles. The smallest absolute Gasteiger partial charge is 0.328 e. The molecular weight excluding hydrogens is 446 g/mol. The molecule has 8 heteroatoms. The summed E-state index contributed by atoms with van der Waals surface area (Å²) >= 11 is 7.81. The summed E-state index contributed by atoms with van der Waals surface area (Å²) in [6.07, 6.45) is 0.841. The quantitative estimate of drug-likeness (QED) is 0.395. The lowest BCUT2D eigenvalue weighted by atomic mass is 10.0. The maximum absolute atomic E-state index is 12.4. The lowest BCUT2D eigenvalue weighted by Gasteiger charge is -2.15. The molecule has 168 valence electrons. The summed E-state index contributed by atoms with van der Waals surface area (Å²) in [5.41, 5.74) is 3.17. The Bertz CT molecular complexity index is 1100. The van der Waals surface area contributed by atoms with Gasteiger partial charge in [0, 0.05) is 27.6 Å². The van der Waals surface area contributed by atoms with Crippen molar-refractivity contribution in [3.8, 4) is 11.3 Å². The van der Waals surface area contributed by atoms with Gasteiger partial charge in [0.1, 0.15) is 6.04 Å². The molecule has 3 N–H and O–H groups in total. The summed E-state index contributed by atoms with van der Waals surface area (Å²) < 4.78 is 0. The first-order valence-electron chi connectivity index (χ1n) is 10.3. The van der Waals surface area contributed by atoms with Gasteiger partial charge in [-0.3, -0.25) is 4.79 Å². The number of carboxylic acids is 1. The SMILES string of the molecule is Cc1ccc(-c2nc(NCC(NC(=O)c3ccccc3)C(=O)O)sc2CC(C)C)cc1Cl. The molecule has 0 fully saturated rings. The number of hydrogen-bond donors (Lipinski definition) is 3. The number of nitrogens with zero attached hydrogens (tertiary/aromatic N) is 1. The Morgan fingerprint density at radius 1 is 1.16 bits per heavy atom. The molecule has 2 aromatic carbocycles. The van der Waals surface area contributed by atoms with Gasteiger partial charge in [-0.15, -0.1) is 11.3 Å². The van der Waals surface area contributed by atoms with E-state index in [1.807, 2.05) is 25.1 Å². The molecule has 0 radical (unpaired) electrons. The molecule has 0 spiro atoms. The predicted molar refractivity (Wildman–Crippen MR) is 130 cm³/mol. The standard InChI is InChI=1S/C24H26ClN3O3S/c1-14(2)11-20-21(17-10-9-15(3)18(25)12-17)28-24(32-20)26-13-19(23(30)31)27-22(29)16-7-5-4-6-8-16/h4-10,12,14,19H,11,13H2,1-3H3,(H,26,28)(H,27,29)(H,30,31). The van der Waals surface area contributed by atoms with Crippen LogP contribution in [-0.4, -0.2) is 34.6 Å². The van der Waals surface area contributed by atoms with E-state index < -0.39 is 17.9 Å². The first kappa shape index (κ1) is 23.8. The lowest BCUT2D eigenvalue weighted by molar-refractivity contribution is -0.138. The van der Waals surface area contributed by atoms with Gasteiger partial charge in [0.05, 0.1) is 5.69 Å². The van der Waals surface area contributed by atoms with Crippen molar-refractivity contribution in [2.45, 2.75) is 33.2 Å². The average Bonchev–Trinajstić information content (AvgIpc) is 3.15. The summed E-state index contributed by atoms with van der Waals surface area (Å²) in [5, 5.41) is 16.5. The van der Waals surface area contributed by atoms with Gasteiger partial charge in [0.25, 0.3) is 5.91 Å². The van der Waals surface area contributed by atoms with Crippen molar-refractivity contribution >= 4 is 39.9 Å². The van der Waals surface area contributed by atoms with Gasteiger partial charge < -0.3 is 15.7 Å². The molecule has 1 unspecified atom stereocenters. The van der Waals surface area contributed by atoms with Gasteiger partial charge in [-0.25, -0.2) is 9.78 Å². The number of carbonyl (C=O) groups is 2. The Morgan fingerprint density at radius 2 is 1.88 bits per heavy atom. The number of anilines is 1. The largest absolute Gasteiger partial charge is 0.480 e. The average molecular weight is 472 g/mol. The van der Waals surface area contributed by atoms with E-state index in [9.17, 15) is 14.7 Å². The molecule has 0 aliphatic carbocycles. The minimum Gasteiger partial charge on any atom is -0.480 e. The number of aryl methyl sites for hydroxylation is 1. The molecular formula is C24H26ClN3O3S. The number of amides is 1. The van der Waals surface area contributed by atoms with Gasteiger partial charge in [-0.1, -0.05) is 55.8 Å². The highest BCUT2D eigenvalue weighted by Gasteiger charge is 2.22. The molecule has 3 aromatic rings. The molecule has 0 saturated carbocycles. The Hall–Kier alpha value is -2.90. The third-order valence-corrected chi connectivity index (χ3v) is 6.28. The zero-order valence-corrected chi connectivity index (χ0v) is 19.8. The number of hydrogen-bond acceptors (Lipinski definition) is 5. The number of aliphatic carboxylic acids is 1. The summed E-state index contributed by atoms with van der Waals surface area (Å²) in [6, 6.07) is 13.3. The molecule has 32 heavy (non-hydrogen) atoms. The molecule has 0 aliphatic heterocycles. The van der Waals surface area contributed by atoms with Crippen molar-refractivity contribution in [1.29, 1.82) is 0 Å². The van der Waals surface area contributed by atoms with E-state index in [-0.39, 0.29) is 6.54 Å². The molecule has 1 atom stereocenters.